The van der Waals surface area contributed by atoms with Crippen LogP contribution in [0.3, 0.4) is 0 Å². The molecule has 26 heavy (non-hydrogen) atoms. The lowest BCUT2D eigenvalue weighted by Gasteiger charge is -2.27. The predicted octanol–water partition coefficient (Wildman–Crippen LogP) is 5.74. The minimum Gasteiger partial charge on any atom is -0.463 e. The Morgan fingerprint density at radius 2 is 1.42 bits per heavy atom. The van der Waals surface area contributed by atoms with E-state index in [1.54, 1.807) is 0 Å². The first kappa shape index (κ1) is 22.7. The summed E-state index contributed by atoms with van der Waals surface area (Å²) in [6.45, 7) is 4.77. The van der Waals surface area contributed by atoms with Gasteiger partial charge in [0.25, 0.3) is 0 Å². The SMILES string of the molecule is CCCCCCCCCCCOC(=O)/C=C/C(=O)OC1CCCCC1C. The molecule has 150 valence electrons. The lowest BCUT2D eigenvalue weighted by atomic mass is 9.88. The Morgan fingerprint density at radius 1 is 0.846 bits per heavy atom. The predicted molar refractivity (Wildman–Crippen MR) is 105 cm³/mol. The minimum atomic E-state index is -0.460. The van der Waals surface area contributed by atoms with Gasteiger partial charge in [0.15, 0.2) is 0 Å². The molecular weight excluding hydrogens is 328 g/mol. The van der Waals surface area contributed by atoms with Crippen molar-refractivity contribution in [3.05, 3.63) is 12.2 Å². The van der Waals surface area contributed by atoms with Gasteiger partial charge in [0.05, 0.1) is 6.61 Å². The van der Waals surface area contributed by atoms with Crippen LogP contribution in [0.2, 0.25) is 0 Å². The lowest BCUT2D eigenvalue weighted by Crippen LogP contribution is -2.27. The first-order valence-electron chi connectivity index (χ1n) is 10.7. The third-order valence-corrected chi connectivity index (χ3v) is 5.15. The molecule has 0 aromatic heterocycles. The summed E-state index contributed by atoms with van der Waals surface area (Å²) in [6, 6.07) is 0. The van der Waals surface area contributed by atoms with Gasteiger partial charge >= 0.3 is 11.9 Å². The smallest absolute Gasteiger partial charge is 0.331 e. The van der Waals surface area contributed by atoms with Gasteiger partial charge in [-0.25, -0.2) is 9.59 Å². The summed E-state index contributed by atoms with van der Waals surface area (Å²) in [7, 11) is 0. The lowest BCUT2D eigenvalue weighted by molar-refractivity contribution is -0.147. The van der Waals surface area contributed by atoms with Crippen LogP contribution < -0.4 is 0 Å². The van der Waals surface area contributed by atoms with E-state index in [-0.39, 0.29) is 6.10 Å². The Balaban J connectivity index is 2.00. The van der Waals surface area contributed by atoms with Crippen molar-refractivity contribution in [2.24, 2.45) is 5.92 Å². The summed E-state index contributed by atoms with van der Waals surface area (Å²) in [5.41, 5.74) is 0. The highest BCUT2D eigenvalue weighted by Crippen LogP contribution is 2.26. The molecule has 0 aromatic rings. The number of carbonyl (C=O) groups is 2. The Morgan fingerprint density at radius 3 is 2.08 bits per heavy atom. The van der Waals surface area contributed by atoms with E-state index in [9.17, 15) is 9.59 Å². The van der Waals surface area contributed by atoms with E-state index >= 15 is 0 Å². The van der Waals surface area contributed by atoms with Gasteiger partial charge in [0, 0.05) is 12.2 Å². The van der Waals surface area contributed by atoms with Crippen LogP contribution in [0, 0.1) is 5.92 Å². The molecule has 0 N–H and O–H groups in total. The standard InChI is InChI=1S/C22H38O4/c1-3-4-5-6-7-8-9-10-13-18-25-21(23)16-17-22(24)26-20-15-12-11-14-19(20)2/h16-17,19-20H,3-15,18H2,1-2H3/b17-16+. The number of esters is 2. The molecule has 4 nitrogen and oxygen atoms in total. The third-order valence-electron chi connectivity index (χ3n) is 5.15. The fourth-order valence-electron chi connectivity index (χ4n) is 3.42. The van der Waals surface area contributed by atoms with Gasteiger partial charge in [-0.2, -0.15) is 0 Å². The van der Waals surface area contributed by atoms with E-state index < -0.39 is 11.9 Å². The number of ether oxygens (including phenoxy) is 2. The second kappa shape index (κ2) is 14.8. The highest BCUT2D eigenvalue weighted by molar-refractivity contribution is 5.91. The number of hydrogen-bond acceptors (Lipinski definition) is 4. The van der Waals surface area contributed by atoms with Gasteiger partial charge in [0.2, 0.25) is 0 Å². The number of rotatable bonds is 13. The molecule has 0 saturated heterocycles. The molecule has 1 saturated carbocycles. The Bertz CT molecular complexity index is 416. The van der Waals surface area contributed by atoms with Crippen LogP contribution in [0.5, 0.6) is 0 Å². The summed E-state index contributed by atoms with van der Waals surface area (Å²) < 4.78 is 10.6. The monoisotopic (exact) mass is 366 g/mol. The number of hydrogen-bond donors (Lipinski definition) is 0. The van der Waals surface area contributed by atoms with Gasteiger partial charge in [-0.1, -0.05) is 71.6 Å². The first-order valence-corrected chi connectivity index (χ1v) is 10.7. The summed E-state index contributed by atoms with van der Waals surface area (Å²) in [5.74, 6) is -0.498. The molecule has 0 heterocycles. The Labute approximate surface area is 159 Å². The second-order valence-electron chi connectivity index (χ2n) is 7.57. The van der Waals surface area contributed by atoms with E-state index in [4.69, 9.17) is 9.47 Å². The Kier molecular flexibility index (Phi) is 12.9. The zero-order valence-electron chi connectivity index (χ0n) is 16.8. The highest BCUT2D eigenvalue weighted by Gasteiger charge is 2.23. The second-order valence-corrected chi connectivity index (χ2v) is 7.57. The molecule has 0 aliphatic heterocycles. The van der Waals surface area contributed by atoms with E-state index in [0.29, 0.717) is 12.5 Å². The molecule has 0 aromatic carbocycles. The molecular formula is C22H38O4. The molecule has 0 radical (unpaired) electrons. The average molecular weight is 367 g/mol. The van der Waals surface area contributed by atoms with Crippen molar-refractivity contribution in [3.63, 3.8) is 0 Å². The van der Waals surface area contributed by atoms with E-state index in [1.807, 2.05) is 0 Å². The topological polar surface area (TPSA) is 52.6 Å². The summed E-state index contributed by atoms with van der Waals surface area (Å²) >= 11 is 0. The molecule has 0 amide bonds. The molecule has 1 fully saturated rings. The molecule has 1 aliphatic carbocycles. The zero-order chi connectivity index (χ0) is 19.0. The highest BCUT2D eigenvalue weighted by atomic mass is 16.5. The van der Waals surface area contributed by atoms with Crippen LogP contribution in [0.4, 0.5) is 0 Å². The summed E-state index contributed by atoms with van der Waals surface area (Å²) in [6.07, 6.45) is 17.8. The fraction of sp³-hybridized carbons (Fsp3) is 0.818. The largest absolute Gasteiger partial charge is 0.463 e. The Hall–Kier alpha value is -1.32. The molecule has 0 spiro atoms. The van der Waals surface area contributed by atoms with E-state index in [0.717, 1.165) is 32.1 Å². The van der Waals surface area contributed by atoms with Gasteiger partial charge in [0.1, 0.15) is 6.10 Å². The maximum Gasteiger partial charge on any atom is 0.331 e. The maximum atomic E-state index is 11.8. The molecule has 0 bridgehead atoms. The third kappa shape index (κ3) is 11.3. The number of carbonyl (C=O) groups excluding carboxylic acids is 2. The van der Waals surface area contributed by atoms with Crippen molar-refractivity contribution in [3.8, 4) is 0 Å². The van der Waals surface area contributed by atoms with Crippen molar-refractivity contribution in [1.29, 1.82) is 0 Å². The van der Waals surface area contributed by atoms with Crippen LogP contribution in [-0.2, 0) is 19.1 Å². The van der Waals surface area contributed by atoms with Crippen LogP contribution in [0.15, 0.2) is 12.2 Å². The maximum absolute atomic E-state index is 11.8. The quantitative estimate of drug-likeness (QED) is 0.237. The van der Waals surface area contributed by atoms with Crippen molar-refractivity contribution < 1.29 is 19.1 Å². The van der Waals surface area contributed by atoms with E-state index in [1.165, 1.54) is 63.5 Å². The van der Waals surface area contributed by atoms with Crippen molar-refractivity contribution in [1.82, 2.24) is 0 Å². The molecule has 2 atom stereocenters. The zero-order valence-corrected chi connectivity index (χ0v) is 16.8. The van der Waals surface area contributed by atoms with Gasteiger partial charge in [-0.15, -0.1) is 0 Å². The van der Waals surface area contributed by atoms with Crippen molar-refractivity contribution >= 4 is 11.9 Å². The van der Waals surface area contributed by atoms with Crippen molar-refractivity contribution in [2.45, 2.75) is 103 Å². The van der Waals surface area contributed by atoms with Crippen LogP contribution in [0.25, 0.3) is 0 Å². The molecule has 4 heteroatoms. The number of unbranched alkanes of at least 4 members (excludes halogenated alkanes) is 8. The minimum absolute atomic E-state index is 0.0149. The summed E-state index contributed by atoms with van der Waals surface area (Å²) in [5, 5.41) is 0. The van der Waals surface area contributed by atoms with Crippen LogP contribution >= 0.6 is 0 Å². The van der Waals surface area contributed by atoms with Gasteiger partial charge < -0.3 is 9.47 Å². The van der Waals surface area contributed by atoms with E-state index in [2.05, 4.69) is 13.8 Å². The van der Waals surface area contributed by atoms with Crippen molar-refractivity contribution in [2.75, 3.05) is 6.61 Å². The average Bonchev–Trinajstić information content (AvgIpc) is 2.63. The normalized spacial score (nSPS) is 20.2. The van der Waals surface area contributed by atoms with Gasteiger partial charge in [-0.3, -0.25) is 0 Å². The molecule has 1 rings (SSSR count). The molecule has 1 aliphatic rings. The van der Waals surface area contributed by atoms with Crippen LogP contribution in [-0.4, -0.2) is 24.6 Å². The fourth-order valence-corrected chi connectivity index (χ4v) is 3.42. The summed E-state index contributed by atoms with van der Waals surface area (Å²) in [4.78, 5) is 23.4. The first-order chi connectivity index (χ1) is 12.6. The van der Waals surface area contributed by atoms with Gasteiger partial charge in [-0.05, 0) is 31.6 Å². The molecule has 2 unspecified atom stereocenters. The van der Waals surface area contributed by atoms with Crippen LogP contribution in [0.1, 0.15) is 97.3 Å².